The zero-order chi connectivity index (χ0) is 18.2. The predicted molar refractivity (Wildman–Crippen MR) is 93.0 cm³/mol. The first kappa shape index (κ1) is 18.1. The molecule has 7 heteroatoms. The van der Waals surface area contributed by atoms with Crippen molar-refractivity contribution in [3.8, 4) is 17.2 Å². The molecular weight excluding hydrogens is 324 g/mol. The lowest BCUT2D eigenvalue weighted by Gasteiger charge is -2.12. The van der Waals surface area contributed by atoms with Crippen molar-refractivity contribution in [1.82, 2.24) is 5.32 Å². The molecule has 0 aliphatic heterocycles. The van der Waals surface area contributed by atoms with E-state index in [0.717, 1.165) is 11.3 Å². The maximum atomic E-state index is 12.1. The van der Waals surface area contributed by atoms with E-state index >= 15 is 0 Å². The number of nitrogens with one attached hydrogen (secondary N) is 2. The minimum Gasteiger partial charge on any atom is -0.497 e. The molecule has 2 N–H and O–H groups in total. The Morgan fingerprint density at radius 1 is 0.840 bits per heavy atom. The molecule has 25 heavy (non-hydrogen) atoms. The second-order valence-electron chi connectivity index (χ2n) is 5.05. The van der Waals surface area contributed by atoms with Crippen LogP contribution in [0.15, 0.2) is 42.5 Å². The molecule has 0 spiro atoms. The van der Waals surface area contributed by atoms with Crippen LogP contribution in [0.5, 0.6) is 17.2 Å². The van der Waals surface area contributed by atoms with Gasteiger partial charge in [0.15, 0.2) is 0 Å². The van der Waals surface area contributed by atoms with Gasteiger partial charge in [0.05, 0.1) is 27.0 Å². The van der Waals surface area contributed by atoms with Crippen LogP contribution in [0.3, 0.4) is 0 Å². The third-order valence-corrected chi connectivity index (χ3v) is 3.47. The van der Waals surface area contributed by atoms with Gasteiger partial charge < -0.3 is 24.8 Å². The monoisotopic (exact) mass is 344 g/mol. The summed E-state index contributed by atoms with van der Waals surface area (Å²) in [6.07, 6.45) is 0. The number of carbonyl (C=O) groups is 2. The minimum atomic E-state index is -0.792. The summed E-state index contributed by atoms with van der Waals surface area (Å²) >= 11 is 0. The van der Waals surface area contributed by atoms with Crippen LogP contribution in [0.4, 0.5) is 5.69 Å². The van der Waals surface area contributed by atoms with Gasteiger partial charge in [-0.2, -0.15) is 0 Å². The van der Waals surface area contributed by atoms with Crippen LogP contribution in [0.1, 0.15) is 5.56 Å². The standard InChI is InChI=1S/C18H20N2O5/c1-23-13-6-4-12(5-7-13)11-19-17(21)18(22)20-15-10-14(24-2)8-9-16(15)25-3/h4-10H,11H2,1-3H3,(H,19,21)(H,20,22). The van der Waals surface area contributed by atoms with Gasteiger partial charge in [-0.3, -0.25) is 9.59 Å². The Kier molecular flexibility index (Phi) is 6.22. The molecule has 0 saturated heterocycles. The first-order chi connectivity index (χ1) is 12.1. The van der Waals surface area contributed by atoms with Crippen LogP contribution in [-0.4, -0.2) is 33.1 Å². The minimum absolute atomic E-state index is 0.228. The van der Waals surface area contributed by atoms with Gasteiger partial charge in [-0.1, -0.05) is 12.1 Å². The van der Waals surface area contributed by atoms with Gasteiger partial charge in [0.2, 0.25) is 0 Å². The first-order valence-corrected chi connectivity index (χ1v) is 7.51. The molecule has 0 radical (unpaired) electrons. The lowest BCUT2D eigenvalue weighted by atomic mass is 10.2. The molecule has 0 unspecified atom stereocenters. The Bertz CT molecular complexity index is 744. The number of hydrogen-bond donors (Lipinski definition) is 2. The highest BCUT2D eigenvalue weighted by molar-refractivity contribution is 6.39. The van der Waals surface area contributed by atoms with Crippen LogP contribution in [0.2, 0.25) is 0 Å². The van der Waals surface area contributed by atoms with Crippen molar-refractivity contribution in [2.24, 2.45) is 0 Å². The quantitative estimate of drug-likeness (QED) is 0.783. The summed E-state index contributed by atoms with van der Waals surface area (Å²) < 4.78 is 15.3. The molecule has 0 saturated carbocycles. The number of carbonyl (C=O) groups excluding carboxylic acids is 2. The third kappa shape index (κ3) is 4.87. The Labute approximate surface area is 145 Å². The van der Waals surface area contributed by atoms with E-state index in [2.05, 4.69) is 10.6 Å². The zero-order valence-corrected chi connectivity index (χ0v) is 14.3. The van der Waals surface area contributed by atoms with Gasteiger partial charge in [0.1, 0.15) is 17.2 Å². The summed E-state index contributed by atoms with van der Waals surface area (Å²) in [4.78, 5) is 24.0. The molecule has 2 amide bonds. The maximum Gasteiger partial charge on any atom is 0.313 e. The fourth-order valence-electron chi connectivity index (χ4n) is 2.10. The van der Waals surface area contributed by atoms with Crippen LogP contribution in [0, 0.1) is 0 Å². The van der Waals surface area contributed by atoms with Gasteiger partial charge in [-0.25, -0.2) is 0 Å². The van der Waals surface area contributed by atoms with Crippen LogP contribution < -0.4 is 24.8 Å². The van der Waals surface area contributed by atoms with E-state index in [9.17, 15) is 9.59 Å². The summed E-state index contributed by atoms with van der Waals surface area (Å²) in [5.41, 5.74) is 1.20. The number of ether oxygens (including phenoxy) is 3. The van der Waals surface area contributed by atoms with Crippen LogP contribution >= 0.6 is 0 Å². The van der Waals surface area contributed by atoms with Gasteiger partial charge in [0.25, 0.3) is 0 Å². The molecule has 2 aromatic carbocycles. The molecule has 7 nitrogen and oxygen atoms in total. The lowest BCUT2D eigenvalue weighted by molar-refractivity contribution is -0.136. The van der Waals surface area contributed by atoms with Gasteiger partial charge in [0, 0.05) is 12.6 Å². The maximum absolute atomic E-state index is 12.1. The highest BCUT2D eigenvalue weighted by Gasteiger charge is 2.16. The number of anilines is 1. The van der Waals surface area contributed by atoms with E-state index in [1.807, 2.05) is 12.1 Å². The molecule has 0 aliphatic rings. The van der Waals surface area contributed by atoms with Gasteiger partial charge >= 0.3 is 11.8 Å². The molecule has 2 aromatic rings. The van der Waals surface area contributed by atoms with Crippen molar-refractivity contribution >= 4 is 17.5 Å². The summed E-state index contributed by atoms with van der Waals surface area (Å²) in [6, 6.07) is 12.1. The van der Waals surface area contributed by atoms with E-state index in [-0.39, 0.29) is 6.54 Å². The molecule has 0 aliphatic carbocycles. The van der Waals surface area contributed by atoms with E-state index in [1.54, 1.807) is 37.4 Å². The lowest BCUT2D eigenvalue weighted by Crippen LogP contribution is -2.35. The molecule has 0 fully saturated rings. The smallest absolute Gasteiger partial charge is 0.313 e. The molecule has 2 rings (SSSR count). The second-order valence-corrected chi connectivity index (χ2v) is 5.05. The van der Waals surface area contributed by atoms with Crippen molar-refractivity contribution in [2.75, 3.05) is 26.6 Å². The molecular formula is C18H20N2O5. The van der Waals surface area contributed by atoms with Crippen LogP contribution in [0.25, 0.3) is 0 Å². The Balaban J connectivity index is 1.96. The fraction of sp³-hybridized carbons (Fsp3) is 0.222. The van der Waals surface area contributed by atoms with Crippen molar-refractivity contribution in [3.63, 3.8) is 0 Å². The van der Waals surface area contributed by atoms with E-state index in [4.69, 9.17) is 14.2 Å². The summed E-state index contributed by atoms with van der Waals surface area (Å²) in [7, 11) is 4.56. The van der Waals surface area contributed by atoms with E-state index < -0.39 is 11.8 Å². The summed E-state index contributed by atoms with van der Waals surface area (Å²) in [5.74, 6) is 0.144. The Hall–Kier alpha value is -3.22. The summed E-state index contributed by atoms with van der Waals surface area (Å²) in [5, 5.41) is 5.07. The van der Waals surface area contributed by atoms with E-state index in [0.29, 0.717) is 17.2 Å². The Morgan fingerprint density at radius 3 is 2.08 bits per heavy atom. The molecule has 132 valence electrons. The topological polar surface area (TPSA) is 85.9 Å². The largest absolute Gasteiger partial charge is 0.497 e. The highest BCUT2D eigenvalue weighted by Crippen LogP contribution is 2.28. The van der Waals surface area contributed by atoms with Crippen molar-refractivity contribution in [3.05, 3.63) is 48.0 Å². The third-order valence-electron chi connectivity index (χ3n) is 3.47. The van der Waals surface area contributed by atoms with Crippen molar-refractivity contribution in [2.45, 2.75) is 6.54 Å². The zero-order valence-electron chi connectivity index (χ0n) is 14.3. The van der Waals surface area contributed by atoms with Gasteiger partial charge in [-0.05, 0) is 29.8 Å². The number of methoxy groups -OCH3 is 3. The average molecular weight is 344 g/mol. The molecule has 0 bridgehead atoms. The second kappa shape index (κ2) is 8.58. The fourth-order valence-corrected chi connectivity index (χ4v) is 2.10. The average Bonchev–Trinajstić information content (AvgIpc) is 2.66. The molecule has 0 heterocycles. The van der Waals surface area contributed by atoms with Crippen LogP contribution in [-0.2, 0) is 16.1 Å². The number of hydrogen-bond acceptors (Lipinski definition) is 5. The van der Waals surface area contributed by atoms with Gasteiger partial charge in [-0.15, -0.1) is 0 Å². The van der Waals surface area contributed by atoms with Crippen molar-refractivity contribution < 1.29 is 23.8 Å². The highest BCUT2D eigenvalue weighted by atomic mass is 16.5. The van der Waals surface area contributed by atoms with Crippen molar-refractivity contribution in [1.29, 1.82) is 0 Å². The Morgan fingerprint density at radius 2 is 1.48 bits per heavy atom. The number of rotatable bonds is 6. The number of benzene rings is 2. The SMILES string of the molecule is COc1ccc(CNC(=O)C(=O)Nc2cc(OC)ccc2OC)cc1. The molecule has 0 aromatic heterocycles. The molecule has 0 atom stereocenters. The number of amides is 2. The first-order valence-electron chi connectivity index (χ1n) is 7.51. The predicted octanol–water partition coefficient (Wildman–Crippen LogP) is 1.97. The summed E-state index contributed by atoms with van der Waals surface area (Å²) in [6.45, 7) is 0.228. The van der Waals surface area contributed by atoms with E-state index in [1.165, 1.54) is 14.2 Å². The normalized spacial score (nSPS) is 9.88.